The first-order chi connectivity index (χ1) is 11.8. The van der Waals surface area contributed by atoms with Crippen LogP contribution in [-0.4, -0.2) is 23.2 Å². The largest absolute Gasteiger partial charge is 0.416 e. The van der Waals surface area contributed by atoms with E-state index in [0.717, 1.165) is 24.2 Å². The lowest BCUT2D eigenvalue weighted by molar-refractivity contribution is -0.137. The standard InChI is InChI=1S/C16H16F4N4O/c17-12-5-11(16(18,19)20)2-1-9(12)7-22-14-6-13(23-15(21)24-14)10-3-4-25-8-10/h1-2,5-6,10H,3-4,7-8H2,(H3,21,22,23,24)/t10-/m1/s1. The van der Waals surface area contributed by atoms with Gasteiger partial charge in [-0.25, -0.2) is 9.37 Å². The molecule has 0 spiro atoms. The fraction of sp³-hybridized carbons (Fsp3) is 0.375. The first kappa shape index (κ1) is 17.4. The lowest BCUT2D eigenvalue weighted by Crippen LogP contribution is -2.11. The number of hydrogen-bond donors (Lipinski definition) is 2. The van der Waals surface area contributed by atoms with Crippen molar-refractivity contribution < 1.29 is 22.3 Å². The van der Waals surface area contributed by atoms with Gasteiger partial charge in [0.05, 0.1) is 17.9 Å². The number of nitrogens with one attached hydrogen (secondary N) is 1. The van der Waals surface area contributed by atoms with Crippen molar-refractivity contribution in [2.24, 2.45) is 0 Å². The van der Waals surface area contributed by atoms with Gasteiger partial charge in [-0.05, 0) is 18.6 Å². The highest BCUT2D eigenvalue weighted by molar-refractivity contribution is 5.42. The number of nitrogens with two attached hydrogens (primary N) is 1. The Labute approximate surface area is 141 Å². The third-order valence-electron chi connectivity index (χ3n) is 3.95. The normalized spacial score (nSPS) is 17.7. The van der Waals surface area contributed by atoms with Crippen LogP contribution in [0, 0.1) is 5.82 Å². The van der Waals surface area contributed by atoms with Gasteiger partial charge in [-0.3, -0.25) is 0 Å². The maximum Gasteiger partial charge on any atom is 0.416 e. The molecule has 9 heteroatoms. The number of rotatable bonds is 4. The summed E-state index contributed by atoms with van der Waals surface area (Å²) in [7, 11) is 0. The van der Waals surface area contributed by atoms with Crippen molar-refractivity contribution in [2.45, 2.75) is 25.1 Å². The van der Waals surface area contributed by atoms with Gasteiger partial charge in [0.1, 0.15) is 11.6 Å². The van der Waals surface area contributed by atoms with Gasteiger partial charge in [-0.1, -0.05) is 6.07 Å². The Morgan fingerprint density at radius 2 is 2.04 bits per heavy atom. The summed E-state index contributed by atoms with van der Waals surface area (Å²) in [6.07, 6.45) is -3.75. The quantitative estimate of drug-likeness (QED) is 0.822. The number of nitrogens with zero attached hydrogens (tertiary/aromatic N) is 2. The molecule has 1 aromatic carbocycles. The molecule has 0 saturated carbocycles. The third kappa shape index (κ3) is 4.16. The van der Waals surface area contributed by atoms with E-state index < -0.39 is 17.6 Å². The SMILES string of the molecule is Nc1nc(NCc2ccc(C(F)(F)F)cc2F)cc([C@@H]2CCOC2)n1. The number of halogens is 4. The monoisotopic (exact) mass is 356 g/mol. The van der Waals surface area contributed by atoms with Crippen LogP contribution >= 0.6 is 0 Å². The molecular formula is C16H16F4N4O. The van der Waals surface area contributed by atoms with E-state index in [-0.39, 0.29) is 24.0 Å². The van der Waals surface area contributed by atoms with Gasteiger partial charge in [0, 0.05) is 30.7 Å². The second-order valence-electron chi connectivity index (χ2n) is 5.75. The van der Waals surface area contributed by atoms with Gasteiger partial charge in [-0.15, -0.1) is 0 Å². The van der Waals surface area contributed by atoms with Crippen molar-refractivity contribution in [3.8, 4) is 0 Å². The first-order valence-corrected chi connectivity index (χ1v) is 7.64. The van der Waals surface area contributed by atoms with Crippen molar-refractivity contribution in [1.82, 2.24) is 9.97 Å². The number of alkyl halides is 3. The molecule has 0 aliphatic carbocycles. The summed E-state index contributed by atoms with van der Waals surface area (Å²) in [5.41, 5.74) is 5.48. The van der Waals surface area contributed by atoms with Crippen molar-refractivity contribution in [3.05, 3.63) is 46.9 Å². The van der Waals surface area contributed by atoms with Crippen LogP contribution in [0.5, 0.6) is 0 Å². The first-order valence-electron chi connectivity index (χ1n) is 7.64. The van der Waals surface area contributed by atoms with Gasteiger partial charge in [0.25, 0.3) is 0 Å². The van der Waals surface area contributed by atoms with Crippen LogP contribution in [0.15, 0.2) is 24.3 Å². The average Bonchev–Trinajstić information content (AvgIpc) is 3.06. The molecule has 3 N–H and O–H groups in total. The Morgan fingerprint density at radius 3 is 2.68 bits per heavy atom. The zero-order valence-corrected chi connectivity index (χ0v) is 13.1. The molecule has 5 nitrogen and oxygen atoms in total. The summed E-state index contributed by atoms with van der Waals surface area (Å²) < 4.78 is 56.9. The van der Waals surface area contributed by atoms with Crippen LogP contribution in [-0.2, 0) is 17.5 Å². The van der Waals surface area contributed by atoms with Crippen LogP contribution < -0.4 is 11.1 Å². The second-order valence-corrected chi connectivity index (χ2v) is 5.75. The summed E-state index contributed by atoms with van der Waals surface area (Å²) >= 11 is 0. The number of aromatic nitrogens is 2. The smallest absolute Gasteiger partial charge is 0.381 e. The molecule has 1 aliphatic heterocycles. The fourth-order valence-corrected chi connectivity index (χ4v) is 2.61. The highest BCUT2D eigenvalue weighted by Crippen LogP contribution is 2.30. The topological polar surface area (TPSA) is 73.1 Å². The average molecular weight is 356 g/mol. The zero-order valence-electron chi connectivity index (χ0n) is 13.1. The Hall–Kier alpha value is -2.42. The lowest BCUT2D eigenvalue weighted by Gasteiger charge is -2.12. The molecule has 1 saturated heterocycles. The van der Waals surface area contributed by atoms with Crippen LogP contribution in [0.3, 0.4) is 0 Å². The summed E-state index contributed by atoms with van der Waals surface area (Å²) in [6.45, 7) is 1.17. The summed E-state index contributed by atoms with van der Waals surface area (Å²) in [5, 5.41) is 2.87. The molecule has 1 atom stereocenters. The molecule has 0 unspecified atom stereocenters. The second kappa shape index (κ2) is 6.83. The number of benzene rings is 1. The molecule has 3 rings (SSSR count). The minimum Gasteiger partial charge on any atom is -0.381 e. The maximum atomic E-state index is 13.9. The van der Waals surface area contributed by atoms with Crippen LogP contribution in [0.4, 0.5) is 29.3 Å². The lowest BCUT2D eigenvalue weighted by atomic mass is 10.0. The molecule has 2 heterocycles. The number of nitrogen functional groups attached to an aromatic ring is 1. The van der Waals surface area contributed by atoms with E-state index in [1.165, 1.54) is 0 Å². The van der Waals surface area contributed by atoms with Gasteiger partial charge in [0.2, 0.25) is 5.95 Å². The minimum absolute atomic E-state index is 0.0268. The van der Waals surface area contributed by atoms with E-state index in [1.807, 2.05) is 0 Å². The molecule has 134 valence electrons. The Morgan fingerprint density at radius 1 is 1.24 bits per heavy atom. The van der Waals surface area contributed by atoms with E-state index >= 15 is 0 Å². The van der Waals surface area contributed by atoms with Gasteiger partial charge >= 0.3 is 6.18 Å². The summed E-state index contributed by atoms with van der Waals surface area (Å²) in [4.78, 5) is 8.19. The predicted octanol–water partition coefficient (Wildman–Crippen LogP) is 3.33. The number of anilines is 2. The highest BCUT2D eigenvalue weighted by Gasteiger charge is 2.31. The molecule has 25 heavy (non-hydrogen) atoms. The molecule has 1 aliphatic rings. The van der Waals surface area contributed by atoms with Crippen LogP contribution in [0.1, 0.15) is 29.2 Å². The summed E-state index contributed by atoms with van der Waals surface area (Å²) in [6, 6.07) is 4.11. The molecule has 0 amide bonds. The molecular weight excluding hydrogens is 340 g/mol. The van der Waals surface area contributed by atoms with Crippen molar-refractivity contribution in [1.29, 1.82) is 0 Å². The Kier molecular flexibility index (Phi) is 4.76. The molecule has 2 aromatic rings. The molecule has 1 fully saturated rings. The van der Waals surface area contributed by atoms with Crippen molar-refractivity contribution in [2.75, 3.05) is 24.3 Å². The minimum atomic E-state index is -4.58. The van der Waals surface area contributed by atoms with E-state index in [4.69, 9.17) is 10.5 Å². The number of ether oxygens (including phenoxy) is 1. The van der Waals surface area contributed by atoms with Gasteiger partial charge < -0.3 is 15.8 Å². The molecule has 1 aromatic heterocycles. The zero-order chi connectivity index (χ0) is 18.0. The third-order valence-corrected chi connectivity index (χ3v) is 3.95. The van der Waals surface area contributed by atoms with Crippen LogP contribution in [0.2, 0.25) is 0 Å². The molecule has 0 bridgehead atoms. The van der Waals surface area contributed by atoms with E-state index in [1.54, 1.807) is 6.07 Å². The van der Waals surface area contributed by atoms with Gasteiger partial charge in [-0.2, -0.15) is 18.2 Å². The predicted molar refractivity (Wildman–Crippen MR) is 83.4 cm³/mol. The molecule has 0 radical (unpaired) electrons. The van der Waals surface area contributed by atoms with E-state index in [9.17, 15) is 17.6 Å². The van der Waals surface area contributed by atoms with Crippen molar-refractivity contribution in [3.63, 3.8) is 0 Å². The number of hydrogen-bond acceptors (Lipinski definition) is 5. The van der Waals surface area contributed by atoms with E-state index in [0.29, 0.717) is 25.1 Å². The van der Waals surface area contributed by atoms with Crippen molar-refractivity contribution >= 4 is 11.8 Å². The van der Waals surface area contributed by atoms with Gasteiger partial charge in [0.15, 0.2) is 0 Å². The summed E-state index contributed by atoms with van der Waals surface area (Å²) in [5.74, 6) is -0.365. The maximum absolute atomic E-state index is 13.9. The Balaban J connectivity index is 1.73. The fourth-order valence-electron chi connectivity index (χ4n) is 2.61. The highest BCUT2D eigenvalue weighted by atomic mass is 19.4. The Bertz CT molecular complexity index is 760. The van der Waals surface area contributed by atoms with Crippen LogP contribution in [0.25, 0.3) is 0 Å². The van der Waals surface area contributed by atoms with E-state index in [2.05, 4.69) is 15.3 Å².